The SMILES string of the molecule is CC(=O)O[C@H]1CC[C@@]2(C)C(CC[C@]3(C)C2CCC2C4=C(C(C)C)C(=O)C[C@]4(NC(=O)OCC4CC4)CC[C@]23C)C1(C)C. The maximum Gasteiger partial charge on any atom is 0.407 e. The van der Waals surface area contributed by atoms with Crippen molar-refractivity contribution in [3.63, 3.8) is 0 Å². The summed E-state index contributed by atoms with van der Waals surface area (Å²) in [6.45, 7) is 18.7. The van der Waals surface area contributed by atoms with Gasteiger partial charge in [-0.05, 0) is 121 Å². The molecule has 5 fully saturated rings. The van der Waals surface area contributed by atoms with Crippen molar-refractivity contribution in [1.82, 2.24) is 5.32 Å². The standard InChI is InChI=1S/C36H55NO5/c1-21(2)29-25(39)19-36(37-31(40)41-20-23-9-10-23)18-17-34(7)24(30(29)36)11-12-27-33(6)15-14-28(42-22(3)38)32(4,5)26(33)13-16-35(27,34)8/h21,23-24,26-28H,9-20H2,1-8H3,(H,37,40)/t24?,26?,27?,28-,33-,34+,35+,36+/m0/s1. The Morgan fingerprint density at radius 3 is 2.24 bits per heavy atom. The topological polar surface area (TPSA) is 81.7 Å². The fourth-order valence-electron chi connectivity index (χ4n) is 11.8. The number of Topliss-reactive ketones (excluding diaryl/α,β-unsaturated/α-hetero) is 1. The maximum absolute atomic E-state index is 13.7. The van der Waals surface area contributed by atoms with Gasteiger partial charge in [0, 0.05) is 18.8 Å². The Kier molecular flexibility index (Phi) is 7.06. The van der Waals surface area contributed by atoms with Gasteiger partial charge in [0.1, 0.15) is 6.10 Å². The first-order valence-corrected chi connectivity index (χ1v) is 17.0. The Bertz CT molecular complexity index is 1200. The van der Waals surface area contributed by atoms with E-state index in [0.29, 0.717) is 30.8 Å². The van der Waals surface area contributed by atoms with E-state index >= 15 is 0 Å². The molecule has 234 valence electrons. The zero-order valence-electron chi connectivity index (χ0n) is 27.5. The fourth-order valence-corrected chi connectivity index (χ4v) is 11.8. The van der Waals surface area contributed by atoms with E-state index in [9.17, 15) is 14.4 Å². The molecule has 0 aromatic heterocycles. The van der Waals surface area contributed by atoms with Gasteiger partial charge in [-0.2, -0.15) is 0 Å². The van der Waals surface area contributed by atoms with Crippen molar-refractivity contribution in [3.05, 3.63) is 11.1 Å². The molecule has 1 N–H and O–H groups in total. The van der Waals surface area contributed by atoms with E-state index in [0.717, 1.165) is 69.8 Å². The highest BCUT2D eigenvalue weighted by molar-refractivity contribution is 6.02. The number of allylic oxidation sites excluding steroid dienone is 1. The van der Waals surface area contributed by atoms with Crippen LogP contribution in [0.4, 0.5) is 4.79 Å². The van der Waals surface area contributed by atoms with Crippen molar-refractivity contribution >= 4 is 17.8 Å². The molecule has 3 unspecified atom stereocenters. The minimum absolute atomic E-state index is 0.0198. The number of alkyl carbamates (subject to hydrolysis) is 1. The second-order valence-corrected chi connectivity index (χ2v) is 16.9. The van der Waals surface area contributed by atoms with E-state index in [2.05, 4.69) is 53.8 Å². The number of ketones is 1. The number of fused-ring (bicyclic) bond motifs is 7. The quantitative estimate of drug-likeness (QED) is 0.335. The summed E-state index contributed by atoms with van der Waals surface area (Å²) in [6.07, 6.45) is 10.6. The van der Waals surface area contributed by atoms with E-state index in [1.807, 2.05) is 0 Å². The molecule has 0 radical (unpaired) electrons. The zero-order chi connectivity index (χ0) is 30.5. The lowest BCUT2D eigenvalue weighted by Gasteiger charge is -2.72. The molecular formula is C36H55NO5. The van der Waals surface area contributed by atoms with Crippen molar-refractivity contribution in [2.45, 2.75) is 138 Å². The molecule has 0 aromatic rings. The van der Waals surface area contributed by atoms with Gasteiger partial charge in [-0.25, -0.2) is 4.79 Å². The first-order chi connectivity index (χ1) is 19.6. The molecule has 6 rings (SSSR count). The van der Waals surface area contributed by atoms with Crippen LogP contribution in [-0.2, 0) is 19.1 Å². The molecule has 42 heavy (non-hydrogen) atoms. The molecule has 6 heteroatoms. The van der Waals surface area contributed by atoms with Gasteiger partial charge >= 0.3 is 12.1 Å². The summed E-state index contributed by atoms with van der Waals surface area (Å²) in [5, 5.41) is 3.33. The number of carbonyl (C=O) groups excluding carboxylic acids is 3. The summed E-state index contributed by atoms with van der Waals surface area (Å²) in [7, 11) is 0. The molecule has 0 heterocycles. The Morgan fingerprint density at radius 2 is 1.60 bits per heavy atom. The highest BCUT2D eigenvalue weighted by Crippen LogP contribution is 2.75. The van der Waals surface area contributed by atoms with Gasteiger partial charge in [0.2, 0.25) is 0 Å². The van der Waals surface area contributed by atoms with E-state index in [-0.39, 0.29) is 57.4 Å². The van der Waals surface area contributed by atoms with Crippen LogP contribution < -0.4 is 5.32 Å². The lowest BCUT2D eigenvalue weighted by molar-refractivity contribution is -0.231. The number of hydrogen-bond acceptors (Lipinski definition) is 5. The molecule has 0 aliphatic heterocycles. The number of carbonyl (C=O) groups is 3. The molecule has 8 atom stereocenters. The smallest absolute Gasteiger partial charge is 0.407 e. The van der Waals surface area contributed by atoms with Crippen molar-refractivity contribution in [2.75, 3.05) is 6.61 Å². The first kappa shape index (κ1) is 30.2. The van der Waals surface area contributed by atoms with Crippen LogP contribution in [0, 0.1) is 51.2 Å². The van der Waals surface area contributed by atoms with Gasteiger partial charge in [0.05, 0.1) is 12.1 Å². The van der Waals surface area contributed by atoms with Crippen LogP contribution in [0.3, 0.4) is 0 Å². The Labute approximate surface area is 253 Å². The van der Waals surface area contributed by atoms with Gasteiger partial charge in [-0.15, -0.1) is 0 Å². The zero-order valence-corrected chi connectivity index (χ0v) is 27.5. The van der Waals surface area contributed by atoms with Crippen molar-refractivity contribution in [3.8, 4) is 0 Å². The second-order valence-electron chi connectivity index (χ2n) is 16.9. The van der Waals surface area contributed by atoms with E-state index in [1.165, 1.54) is 5.57 Å². The van der Waals surface area contributed by atoms with Crippen LogP contribution in [0.1, 0.15) is 126 Å². The molecule has 0 bridgehead atoms. The number of rotatable bonds is 5. The fraction of sp³-hybridized carbons (Fsp3) is 0.861. The first-order valence-electron chi connectivity index (χ1n) is 17.0. The third-order valence-electron chi connectivity index (χ3n) is 14.2. The summed E-state index contributed by atoms with van der Waals surface area (Å²) < 4.78 is 11.6. The molecule has 5 saturated carbocycles. The number of ether oxygens (including phenoxy) is 2. The monoisotopic (exact) mass is 581 g/mol. The summed E-state index contributed by atoms with van der Waals surface area (Å²) >= 11 is 0. The van der Waals surface area contributed by atoms with E-state index < -0.39 is 5.54 Å². The van der Waals surface area contributed by atoms with Gasteiger partial charge < -0.3 is 14.8 Å². The lowest BCUT2D eigenvalue weighted by atomic mass is 9.33. The largest absolute Gasteiger partial charge is 0.462 e. The summed E-state index contributed by atoms with van der Waals surface area (Å²) in [6, 6.07) is 0. The summed E-state index contributed by atoms with van der Waals surface area (Å²) in [5.41, 5.74) is 1.94. The minimum Gasteiger partial charge on any atom is -0.462 e. The van der Waals surface area contributed by atoms with Crippen molar-refractivity contribution in [1.29, 1.82) is 0 Å². The number of esters is 1. The number of nitrogens with one attached hydrogen (secondary N) is 1. The molecule has 0 saturated heterocycles. The second kappa shape index (κ2) is 9.83. The molecule has 0 aromatic carbocycles. The Hall–Kier alpha value is -1.85. The van der Waals surface area contributed by atoms with Crippen molar-refractivity contribution < 1.29 is 23.9 Å². The van der Waals surface area contributed by atoms with E-state index in [1.54, 1.807) is 6.92 Å². The molecule has 6 nitrogen and oxygen atoms in total. The highest BCUT2D eigenvalue weighted by atomic mass is 16.6. The molecule has 1 amide bonds. The van der Waals surface area contributed by atoms with Crippen LogP contribution >= 0.6 is 0 Å². The molecule has 6 aliphatic rings. The van der Waals surface area contributed by atoms with Gasteiger partial charge in [0.15, 0.2) is 5.78 Å². The van der Waals surface area contributed by atoms with Crippen LogP contribution in [0.15, 0.2) is 11.1 Å². The third-order valence-corrected chi connectivity index (χ3v) is 14.2. The van der Waals surface area contributed by atoms with Gasteiger partial charge in [0.25, 0.3) is 0 Å². The van der Waals surface area contributed by atoms with Crippen LogP contribution in [-0.4, -0.2) is 36.1 Å². The predicted molar refractivity (Wildman–Crippen MR) is 162 cm³/mol. The summed E-state index contributed by atoms with van der Waals surface area (Å²) in [5.74, 6) is 2.07. The molecule has 6 aliphatic carbocycles. The predicted octanol–water partition coefficient (Wildman–Crippen LogP) is 7.79. The third kappa shape index (κ3) is 4.26. The lowest BCUT2D eigenvalue weighted by Crippen LogP contribution is -2.67. The number of hydrogen-bond donors (Lipinski definition) is 1. The average molecular weight is 582 g/mol. The Balaban J connectivity index is 1.34. The molecular weight excluding hydrogens is 526 g/mol. The summed E-state index contributed by atoms with van der Waals surface area (Å²) in [4.78, 5) is 38.9. The normalized spacial score (nSPS) is 44.1. The maximum atomic E-state index is 13.7. The minimum atomic E-state index is -0.601. The van der Waals surface area contributed by atoms with Crippen LogP contribution in [0.25, 0.3) is 0 Å². The van der Waals surface area contributed by atoms with Crippen molar-refractivity contribution in [2.24, 2.45) is 51.2 Å². The molecule has 0 spiro atoms. The van der Waals surface area contributed by atoms with Crippen LogP contribution in [0.2, 0.25) is 0 Å². The Morgan fingerprint density at radius 1 is 0.881 bits per heavy atom. The average Bonchev–Trinajstić information content (AvgIpc) is 3.66. The van der Waals surface area contributed by atoms with Gasteiger partial charge in [-0.3, -0.25) is 9.59 Å². The highest BCUT2D eigenvalue weighted by Gasteiger charge is 2.70. The number of amides is 1. The van der Waals surface area contributed by atoms with E-state index in [4.69, 9.17) is 9.47 Å². The van der Waals surface area contributed by atoms with Crippen LogP contribution in [0.5, 0.6) is 0 Å². The van der Waals surface area contributed by atoms with Gasteiger partial charge in [-0.1, -0.05) is 48.5 Å².